The Balaban J connectivity index is 2.85. The molecule has 0 amide bonds. The van der Waals surface area contributed by atoms with Crippen molar-refractivity contribution in [3.63, 3.8) is 0 Å². The smallest absolute Gasteiger partial charge is 0.343 e. The van der Waals surface area contributed by atoms with Gasteiger partial charge in [-0.1, -0.05) is 18.2 Å². The van der Waals surface area contributed by atoms with Gasteiger partial charge in [0, 0.05) is 12.7 Å². The summed E-state index contributed by atoms with van der Waals surface area (Å²) in [6.07, 6.45) is 4.19. The van der Waals surface area contributed by atoms with Gasteiger partial charge in [-0.3, -0.25) is 4.79 Å². The number of hydrogen-bond acceptors (Lipinski definition) is 5. The quantitative estimate of drug-likeness (QED) is 0.357. The summed E-state index contributed by atoms with van der Waals surface area (Å²) in [5.74, 6) is -0.993. The molecule has 1 aromatic rings. The van der Waals surface area contributed by atoms with Crippen LogP contribution in [0.1, 0.15) is 12.5 Å². The molecule has 0 aromatic heterocycles. The van der Waals surface area contributed by atoms with Crippen LogP contribution in [0.5, 0.6) is 5.75 Å². The van der Waals surface area contributed by atoms with E-state index in [1.54, 1.807) is 18.2 Å². The van der Waals surface area contributed by atoms with Crippen molar-refractivity contribution in [1.82, 2.24) is 5.32 Å². The standard InChI is InChI=1S/C15H17NO4/c1-3-16-10-13(15(19)20-2)14(18)9-6-11-4-7-12(17)8-5-11/h4-10,16-17H,3H2,1-2H3/b9-6+,13-10-. The zero-order chi connectivity index (χ0) is 15.0. The van der Waals surface area contributed by atoms with Crippen molar-refractivity contribution in [3.05, 3.63) is 47.7 Å². The second-order valence-corrected chi connectivity index (χ2v) is 3.90. The van der Waals surface area contributed by atoms with Gasteiger partial charge in [-0.25, -0.2) is 4.79 Å². The molecule has 0 spiro atoms. The zero-order valence-electron chi connectivity index (χ0n) is 11.4. The Hall–Kier alpha value is -2.56. The molecule has 2 N–H and O–H groups in total. The van der Waals surface area contributed by atoms with Crippen LogP contribution < -0.4 is 5.32 Å². The minimum atomic E-state index is -0.689. The molecule has 0 saturated heterocycles. The number of aromatic hydroxyl groups is 1. The van der Waals surface area contributed by atoms with Crippen LogP contribution in [0.25, 0.3) is 6.08 Å². The van der Waals surface area contributed by atoms with Crippen LogP contribution in [0.3, 0.4) is 0 Å². The van der Waals surface area contributed by atoms with Crippen molar-refractivity contribution in [2.75, 3.05) is 13.7 Å². The zero-order valence-corrected chi connectivity index (χ0v) is 11.4. The fourth-order valence-electron chi connectivity index (χ4n) is 1.39. The number of hydrogen-bond donors (Lipinski definition) is 2. The normalized spacial score (nSPS) is 11.4. The Labute approximate surface area is 117 Å². The predicted octanol–water partition coefficient (Wildman–Crippen LogP) is 1.64. The fraction of sp³-hybridized carbons (Fsp3) is 0.200. The highest BCUT2D eigenvalue weighted by Crippen LogP contribution is 2.11. The fourth-order valence-corrected chi connectivity index (χ4v) is 1.39. The van der Waals surface area contributed by atoms with Crippen LogP contribution >= 0.6 is 0 Å². The van der Waals surface area contributed by atoms with Gasteiger partial charge in [0.15, 0.2) is 5.78 Å². The molecule has 5 heteroatoms. The molecule has 1 rings (SSSR count). The van der Waals surface area contributed by atoms with Gasteiger partial charge in [0.25, 0.3) is 0 Å². The maximum Gasteiger partial charge on any atom is 0.343 e. The summed E-state index contributed by atoms with van der Waals surface area (Å²) in [5.41, 5.74) is 0.674. The molecule has 0 aliphatic carbocycles. The van der Waals surface area contributed by atoms with Crippen LogP contribution in [-0.4, -0.2) is 30.5 Å². The molecule has 0 bridgehead atoms. The van der Waals surface area contributed by atoms with E-state index >= 15 is 0 Å². The minimum absolute atomic E-state index is 0.0654. The third-order valence-corrected chi connectivity index (χ3v) is 2.44. The molecule has 0 fully saturated rings. The Bertz CT molecular complexity index is 529. The first-order valence-corrected chi connectivity index (χ1v) is 6.11. The lowest BCUT2D eigenvalue weighted by atomic mass is 10.1. The number of benzene rings is 1. The van der Waals surface area contributed by atoms with Crippen molar-refractivity contribution in [2.45, 2.75) is 6.92 Å². The van der Waals surface area contributed by atoms with Gasteiger partial charge in [-0.05, 0) is 30.7 Å². The molecular weight excluding hydrogens is 258 g/mol. The maximum absolute atomic E-state index is 11.9. The Kier molecular flexibility index (Phi) is 6.03. The van der Waals surface area contributed by atoms with Crippen molar-refractivity contribution in [1.29, 1.82) is 0 Å². The van der Waals surface area contributed by atoms with Crippen LogP contribution in [-0.2, 0) is 14.3 Å². The molecule has 0 aliphatic heterocycles. The van der Waals surface area contributed by atoms with Crippen LogP contribution in [0.2, 0.25) is 0 Å². The molecule has 5 nitrogen and oxygen atoms in total. The number of allylic oxidation sites excluding steroid dienone is 1. The molecule has 106 valence electrons. The summed E-state index contributed by atoms with van der Waals surface area (Å²) in [6.45, 7) is 2.44. The molecule has 20 heavy (non-hydrogen) atoms. The maximum atomic E-state index is 11.9. The lowest BCUT2D eigenvalue weighted by Gasteiger charge is -2.02. The highest BCUT2D eigenvalue weighted by Gasteiger charge is 2.16. The molecule has 1 aromatic carbocycles. The monoisotopic (exact) mass is 275 g/mol. The van der Waals surface area contributed by atoms with Gasteiger partial charge < -0.3 is 15.2 Å². The van der Waals surface area contributed by atoms with E-state index in [0.29, 0.717) is 6.54 Å². The lowest BCUT2D eigenvalue weighted by Crippen LogP contribution is -2.17. The van der Waals surface area contributed by atoms with E-state index in [-0.39, 0.29) is 11.3 Å². The number of rotatable bonds is 6. The number of esters is 1. The Morgan fingerprint density at radius 3 is 2.50 bits per heavy atom. The lowest BCUT2D eigenvalue weighted by molar-refractivity contribution is -0.137. The number of ether oxygens (including phenoxy) is 1. The summed E-state index contributed by atoms with van der Waals surface area (Å²) in [5, 5.41) is 12.0. The van der Waals surface area contributed by atoms with Gasteiger partial charge >= 0.3 is 5.97 Å². The van der Waals surface area contributed by atoms with Crippen molar-refractivity contribution >= 4 is 17.8 Å². The van der Waals surface area contributed by atoms with Crippen LogP contribution in [0.15, 0.2) is 42.1 Å². The molecular formula is C15H17NO4. The van der Waals surface area contributed by atoms with E-state index in [9.17, 15) is 9.59 Å². The van der Waals surface area contributed by atoms with Gasteiger partial charge in [0.05, 0.1) is 7.11 Å². The summed E-state index contributed by atoms with van der Waals surface area (Å²) in [4.78, 5) is 23.4. The Morgan fingerprint density at radius 2 is 1.95 bits per heavy atom. The van der Waals surface area contributed by atoms with Crippen LogP contribution in [0, 0.1) is 0 Å². The van der Waals surface area contributed by atoms with Crippen molar-refractivity contribution in [2.24, 2.45) is 0 Å². The number of methoxy groups -OCH3 is 1. The number of carbonyl (C=O) groups is 2. The third-order valence-electron chi connectivity index (χ3n) is 2.44. The van der Waals surface area contributed by atoms with E-state index in [4.69, 9.17) is 5.11 Å². The van der Waals surface area contributed by atoms with E-state index in [2.05, 4.69) is 10.1 Å². The molecule has 0 atom stereocenters. The van der Waals surface area contributed by atoms with Gasteiger partial charge in [0.1, 0.15) is 11.3 Å². The molecule has 0 saturated carbocycles. The summed E-state index contributed by atoms with van der Waals surface area (Å²) >= 11 is 0. The average Bonchev–Trinajstić information content (AvgIpc) is 2.46. The first kappa shape index (κ1) is 15.5. The minimum Gasteiger partial charge on any atom is -0.508 e. The number of phenolic OH excluding ortho intramolecular Hbond substituents is 1. The Morgan fingerprint density at radius 1 is 1.30 bits per heavy atom. The molecule has 0 unspecified atom stereocenters. The average molecular weight is 275 g/mol. The largest absolute Gasteiger partial charge is 0.508 e. The van der Waals surface area contributed by atoms with Crippen molar-refractivity contribution < 1.29 is 19.4 Å². The third kappa shape index (κ3) is 4.61. The highest BCUT2D eigenvalue weighted by molar-refractivity contribution is 6.22. The van der Waals surface area contributed by atoms with Crippen LogP contribution in [0.4, 0.5) is 0 Å². The van der Waals surface area contributed by atoms with Crippen molar-refractivity contribution in [3.8, 4) is 5.75 Å². The summed E-state index contributed by atoms with van der Waals surface area (Å²) in [7, 11) is 1.22. The molecule has 0 radical (unpaired) electrons. The second kappa shape index (κ2) is 7.78. The first-order valence-electron chi connectivity index (χ1n) is 6.11. The second-order valence-electron chi connectivity index (χ2n) is 3.90. The van der Waals surface area contributed by atoms with E-state index in [1.807, 2.05) is 6.92 Å². The summed E-state index contributed by atoms with van der Waals surface area (Å²) < 4.78 is 4.56. The van der Waals surface area contributed by atoms with E-state index in [0.717, 1.165) is 5.56 Å². The van der Waals surface area contributed by atoms with Gasteiger partial charge in [-0.2, -0.15) is 0 Å². The summed E-state index contributed by atoms with van der Waals surface area (Å²) in [6, 6.07) is 6.34. The first-order chi connectivity index (χ1) is 9.58. The number of nitrogens with one attached hydrogen (secondary N) is 1. The highest BCUT2D eigenvalue weighted by atomic mass is 16.5. The molecule has 0 aliphatic rings. The number of phenols is 1. The van der Waals surface area contributed by atoms with Gasteiger partial charge in [0.2, 0.25) is 0 Å². The number of ketones is 1. The molecule has 0 heterocycles. The SMILES string of the molecule is CCN/C=C(/C(=O)/C=C/c1ccc(O)cc1)C(=O)OC. The topological polar surface area (TPSA) is 75.6 Å². The number of carbonyl (C=O) groups excluding carboxylic acids is 2. The van der Waals surface area contributed by atoms with E-state index in [1.165, 1.54) is 31.5 Å². The van der Waals surface area contributed by atoms with E-state index < -0.39 is 11.8 Å². The van der Waals surface area contributed by atoms with Gasteiger partial charge in [-0.15, -0.1) is 0 Å². The predicted molar refractivity (Wildman–Crippen MR) is 75.9 cm³/mol.